The Morgan fingerprint density at radius 3 is 2.62 bits per heavy atom. The molecule has 2 nitrogen and oxygen atoms in total. The maximum atomic E-state index is 11.3. The van der Waals surface area contributed by atoms with E-state index in [-0.39, 0.29) is 0 Å². The number of hydrogen-bond donors (Lipinski definition) is 1. The molecule has 74 valence electrons. The smallest absolute Gasteiger partial charge is 0.133 e. The highest BCUT2D eigenvalue weighted by atomic mass is 16.1. The summed E-state index contributed by atoms with van der Waals surface area (Å²) in [7, 11) is 0. The fraction of sp³-hybridized carbons (Fsp3) is 0.909. The predicted octanol–water partition coefficient (Wildman–Crippen LogP) is 1.87. The van der Waals surface area contributed by atoms with Crippen molar-refractivity contribution in [2.24, 2.45) is 17.1 Å². The average molecular weight is 181 g/mol. The first kappa shape index (κ1) is 9.20. The lowest BCUT2D eigenvalue weighted by molar-refractivity contribution is -0.124. The molecule has 2 aliphatic rings. The Labute approximate surface area is 79.9 Å². The molecule has 0 radical (unpaired) electrons. The van der Waals surface area contributed by atoms with Gasteiger partial charge in [-0.05, 0) is 37.1 Å². The van der Waals surface area contributed by atoms with E-state index in [0.717, 1.165) is 19.3 Å². The maximum Gasteiger partial charge on any atom is 0.133 e. The number of ketones is 1. The number of carbonyl (C=O) groups excluding carboxylic acids is 1. The van der Waals surface area contributed by atoms with Gasteiger partial charge in [0.05, 0.1) is 0 Å². The third kappa shape index (κ3) is 1.52. The summed E-state index contributed by atoms with van der Waals surface area (Å²) in [4.78, 5) is 11.3. The lowest BCUT2D eigenvalue weighted by atomic mass is 9.65. The van der Waals surface area contributed by atoms with Gasteiger partial charge in [0.1, 0.15) is 5.78 Å². The van der Waals surface area contributed by atoms with Gasteiger partial charge < -0.3 is 5.73 Å². The van der Waals surface area contributed by atoms with Gasteiger partial charge in [0.2, 0.25) is 0 Å². The van der Waals surface area contributed by atoms with Gasteiger partial charge in [0.15, 0.2) is 0 Å². The topological polar surface area (TPSA) is 43.1 Å². The van der Waals surface area contributed by atoms with Crippen molar-refractivity contribution >= 4 is 5.78 Å². The first-order valence-corrected chi connectivity index (χ1v) is 5.49. The average Bonchev–Trinajstić information content (AvgIpc) is 2.59. The Balaban J connectivity index is 2.12. The molecule has 2 aliphatic carbocycles. The van der Waals surface area contributed by atoms with E-state index in [1.54, 1.807) is 0 Å². The zero-order valence-electron chi connectivity index (χ0n) is 8.22. The van der Waals surface area contributed by atoms with Gasteiger partial charge in [0.25, 0.3) is 0 Å². The minimum absolute atomic E-state index is 0.438. The van der Waals surface area contributed by atoms with Crippen LogP contribution in [0.2, 0.25) is 0 Å². The molecule has 1 spiro atoms. The Bertz CT molecular complexity index is 206. The highest BCUT2D eigenvalue weighted by Crippen LogP contribution is 2.51. The van der Waals surface area contributed by atoms with Crippen LogP contribution in [0.4, 0.5) is 0 Å². The second-order valence-electron chi connectivity index (χ2n) is 4.74. The number of carbonyl (C=O) groups is 1. The van der Waals surface area contributed by atoms with Crippen LogP contribution < -0.4 is 5.73 Å². The van der Waals surface area contributed by atoms with Crippen LogP contribution in [0.5, 0.6) is 0 Å². The van der Waals surface area contributed by atoms with Gasteiger partial charge in [-0.25, -0.2) is 0 Å². The zero-order valence-corrected chi connectivity index (χ0v) is 8.22. The predicted molar refractivity (Wildman–Crippen MR) is 52.3 cm³/mol. The van der Waals surface area contributed by atoms with Crippen molar-refractivity contribution in [1.82, 2.24) is 0 Å². The molecule has 2 rings (SSSR count). The Kier molecular flexibility index (Phi) is 2.41. The van der Waals surface area contributed by atoms with Crippen molar-refractivity contribution in [3.8, 4) is 0 Å². The van der Waals surface area contributed by atoms with Crippen molar-refractivity contribution in [2.75, 3.05) is 6.54 Å². The van der Waals surface area contributed by atoms with E-state index in [9.17, 15) is 4.79 Å². The van der Waals surface area contributed by atoms with Crippen LogP contribution in [0.3, 0.4) is 0 Å². The second kappa shape index (κ2) is 3.41. The molecule has 1 unspecified atom stereocenters. The summed E-state index contributed by atoms with van der Waals surface area (Å²) in [5, 5.41) is 0. The molecular formula is C11H19NO. The van der Waals surface area contributed by atoms with E-state index in [2.05, 4.69) is 0 Å². The monoisotopic (exact) mass is 181 g/mol. The molecule has 13 heavy (non-hydrogen) atoms. The second-order valence-corrected chi connectivity index (χ2v) is 4.74. The summed E-state index contributed by atoms with van der Waals surface area (Å²) in [6, 6.07) is 0. The first-order chi connectivity index (χ1) is 6.27. The van der Waals surface area contributed by atoms with Gasteiger partial charge in [0, 0.05) is 12.8 Å². The standard InChI is InChI=1S/C11H19NO/c12-8-9-7-10(13)3-6-11(9)4-1-2-5-11/h9H,1-8,12H2. The molecule has 0 aliphatic heterocycles. The van der Waals surface area contributed by atoms with E-state index in [4.69, 9.17) is 5.73 Å². The minimum Gasteiger partial charge on any atom is -0.330 e. The molecule has 1 atom stereocenters. The summed E-state index contributed by atoms with van der Waals surface area (Å²) < 4.78 is 0. The van der Waals surface area contributed by atoms with Crippen molar-refractivity contribution in [3.63, 3.8) is 0 Å². The minimum atomic E-state index is 0.438. The fourth-order valence-corrected chi connectivity index (χ4v) is 3.26. The van der Waals surface area contributed by atoms with Gasteiger partial charge in [-0.1, -0.05) is 12.8 Å². The molecule has 2 fully saturated rings. The third-order valence-corrected chi connectivity index (χ3v) is 4.13. The Hall–Kier alpha value is -0.370. The first-order valence-electron chi connectivity index (χ1n) is 5.49. The van der Waals surface area contributed by atoms with Crippen LogP contribution in [0.1, 0.15) is 44.9 Å². The van der Waals surface area contributed by atoms with Crippen LogP contribution in [0.15, 0.2) is 0 Å². The van der Waals surface area contributed by atoms with E-state index < -0.39 is 0 Å². The van der Waals surface area contributed by atoms with Crippen molar-refractivity contribution in [1.29, 1.82) is 0 Å². The van der Waals surface area contributed by atoms with Gasteiger partial charge >= 0.3 is 0 Å². The summed E-state index contributed by atoms with van der Waals surface area (Å²) in [6.45, 7) is 0.714. The van der Waals surface area contributed by atoms with E-state index in [1.807, 2.05) is 0 Å². The molecule has 0 bridgehead atoms. The molecular weight excluding hydrogens is 162 g/mol. The van der Waals surface area contributed by atoms with Crippen molar-refractivity contribution < 1.29 is 4.79 Å². The SMILES string of the molecule is NCC1CC(=O)CCC12CCCC2. The van der Waals surface area contributed by atoms with Crippen molar-refractivity contribution in [2.45, 2.75) is 44.9 Å². The third-order valence-electron chi connectivity index (χ3n) is 4.13. The highest BCUT2D eigenvalue weighted by molar-refractivity contribution is 5.79. The van der Waals surface area contributed by atoms with E-state index in [1.165, 1.54) is 25.7 Å². The number of hydrogen-bond acceptors (Lipinski definition) is 2. The highest BCUT2D eigenvalue weighted by Gasteiger charge is 2.43. The lowest BCUT2D eigenvalue weighted by Gasteiger charge is -2.40. The summed E-state index contributed by atoms with van der Waals surface area (Å²) in [5.74, 6) is 0.934. The van der Waals surface area contributed by atoms with Crippen LogP contribution in [0.25, 0.3) is 0 Å². The maximum absolute atomic E-state index is 11.3. The van der Waals surface area contributed by atoms with Gasteiger partial charge in [-0.2, -0.15) is 0 Å². The lowest BCUT2D eigenvalue weighted by Crippen LogP contribution is -2.39. The largest absolute Gasteiger partial charge is 0.330 e. The molecule has 0 aromatic carbocycles. The molecule has 0 aromatic rings. The summed E-state index contributed by atoms with van der Waals surface area (Å²) in [5.41, 5.74) is 6.24. The van der Waals surface area contributed by atoms with Crippen molar-refractivity contribution in [3.05, 3.63) is 0 Å². The van der Waals surface area contributed by atoms with Crippen LogP contribution in [-0.4, -0.2) is 12.3 Å². The van der Waals surface area contributed by atoms with Gasteiger partial charge in [-0.15, -0.1) is 0 Å². The Morgan fingerprint density at radius 1 is 1.31 bits per heavy atom. The number of Topliss-reactive ketones (excluding diaryl/α,β-unsaturated/α-hetero) is 1. The van der Waals surface area contributed by atoms with Gasteiger partial charge in [-0.3, -0.25) is 4.79 Å². The Morgan fingerprint density at radius 2 is 2.00 bits per heavy atom. The molecule has 0 aromatic heterocycles. The number of rotatable bonds is 1. The fourth-order valence-electron chi connectivity index (χ4n) is 3.26. The molecule has 2 heteroatoms. The normalized spacial score (nSPS) is 32.7. The molecule has 0 heterocycles. The van der Waals surface area contributed by atoms with Crippen LogP contribution in [0, 0.1) is 11.3 Å². The van der Waals surface area contributed by atoms with Crippen LogP contribution in [-0.2, 0) is 4.79 Å². The molecule has 2 N–H and O–H groups in total. The summed E-state index contributed by atoms with van der Waals surface area (Å²) in [6.07, 6.45) is 8.04. The van der Waals surface area contributed by atoms with E-state index in [0.29, 0.717) is 23.7 Å². The molecule has 2 saturated carbocycles. The zero-order chi connectivity index (χ0) is 9.31. The number of nitrogens with two attached hydrogens (primary N) is 1. The van der Waals surface area contributed by atoms with E-state index >= 15 is 0 Å². The molecule has 0 amide bonds. The summed E-state index contributed by atoms with van der Waals surface area (Å²) >= 11 is 0. The quantitative estimate of drug-likeness (QED) is 0.671. The molecule has 0 saturated heterocycles. The van der Waals surface area contributed by atoms with Crippen LogP contribution >= 0.6 is 0 Å².